The predicted molar refractivity (Wildman–Crippen MR) is 57.5 cm³/mol. The summed E-state index contributed by atoms with van der Waals surface area (Å²) in [5, 5.41) is 0. The molecule has 1 aliphatic rings. The highest BCUT2D eigenvalue weighted by Gasteiger charge is 2.53. The number of hydrogen-bond donors (Lipinski definition) is 0. The van der Waals surface area contributed by atoms with Crippen LogP contribution in [0.3, 0.4) is 0 Å². The first-order valence-electron chi connectivity index (χ1n) is 4.76. The van der Waals surface area contributed by atoms with Gasteiger partial charge in [-0.05, 0) is 19.8 Å². The van der Waals surface area contributed by atoms with E-state index in [0.29, 0.717) is 12.5 Å². The third-order valence-corrected chi connectivity index (χ3v) is 5.12. The molecule has 0 aromatic carbocycles. The van der Waals surface area contributed by atoms with Gasteiger partial charge < -0.3 is 0 Å². The molecule has 0 aromatic rings. The third kappa shape index (κ3) is 2.01. The normalized spacial score (nSPS) is 42.8. The van der Waals surface area contributed by atoms with E-state index < -0.39 is 12.5 Å². The van der Waals surface area contributed by atoms with Gasteiger partial charge in [0.15, 0.2) is 0 Å². The summed E-state index contributed by atoms with van der Waals surface area (Å²) in [4.78, 5) is 0. The van der Waals surface area contributed by atoms with E-state index in [0.717, 1.165) is 0 Å². The van der Waals surface area contributed by atoms with E-state index in [1.165, 1.54) is 0 Å². The van der Waals surface area contributed by atoms with Gasteiger partial charge >= 0.3 is 6.95 Å². The van der Waals surface area contributed by atoms with E-state index in [1.807, 2.05) is 13.8 Å². The molecule has 2 unspecified atom stereocenters. The van der Waals surface area contributed by atoms with E-state index in [2.05, 4.69) is 20.8 Å². The van der Waals surface area contributed by atoms with Crippen LogP contribution in [0.2, 0.25) is 0 Å². The van der Waals surface area contributed by atoms with Crippen molar-refractivity contribution in [2.45, 2.75) is 40.2 Å². The van der Waals surface area contributed by atoms with Gasteiger partial charge in [-0.1, -0.05) is 20.8 Å². The summed E-state index contributed by atoms with van der Waals surface area (Å²) in [6.07, 6.45) is 0. The van der Waals surface area contributed by atoms with Crippen molar-refractivity contribution < 1.29 is 13.6 Å². The average molecular weight is 241 g/mol. The van der Waals surface area contributed by atoms with E-state index in [4.69, 9.17) is 20.3 Å². The van der Waals surface area contributed by atoms with Crippen LogP contribution in [0.25, 0.3) is 0 Å². The van der Waals surface area contributed by atoms with Gasteiger partial charge in [-0.3, -0.25) is 9.05 Å². The van der Waals surface area contributed by atoms with E-state index in [-0.39, 0.29) is 5.41 Å². The van der Waals surface area contributed by atoms with Gasteiger partial charge in [0, 0.05) is 16.7 Å². The molecule has 0 N–H and O–H groups in total. The molecule has 2 atom stereocenters. The topological polar surface area (TPSA) is 35.5 Å². The Morgan fingerprint density at radius 3 is 2.21 bits per heavy atom. The first-order valence-corrected chi connectivity index (χ1v) is 7.20. The molecule has 0 spiro atoms. The van der Waals surface area contributed by atoms with Crippen LogP contribution in [0.4, 0.5) is 0 Å². The Kier molecular flexibility index (Phi) is 3.11. The summed E-state index contributed by atoms with van der Waals surface area (Å²) >= 11 is 5.60. The second kappa shape index (κ2) is 3.48. The van der Waals surface area contributed by atoms with Crippen molar-refractivity contribution in [2.75, 3.05) is 6.61 Å². The molecule has 0 bridgehead atoms. The van der Waals surface area contributed by atoms with Crippen molar-refractivity contribution in [1.82, 2.24) is 0 Å². The largest absolute Gasteiger partial charge is 0.424 e. The zero-order chi connectivity index (χ0) is 11.2. The van der Waals surface area contributed by atoms with Crippen molar-refractivity contribution >= 4 is 18.2 Å². The molecule has 84 valence electrons. The van der Waals surface area contributed by atoms with Crippen molar-refractivity contribution in [3.63, 3.8) is 0 Å². The molecule has 0 aliphatic carbocycles. The van der Waals surface area contributed by atoms with Gasteiger partial charge in [0.2, 0.25) is 0 Å². The lowest BCUT2D eigenvalue weighted by Gasteiger charge is -2.50. The summed E-state index contributed by atoms with van der Waals surface area (Å²) < 4.78 is 21.9. The second-order valence-corrected chi connectivity index (χ2v) is 7.42. The van der Waals surface area contributed by atoms with Crippen molar-refractivity contribution in [2.24, 2.45) is 11.3 Å². The Labute approximate surface area is 90.4 Å². The van der Waals surface area contributed by atoms with Crippen molar-refractivity contribution in [3.8, 4) is 0 Å². The lowest BCUT2D eigenvalue weighted by atomic mass is 9.68. The fraction of sp³-hybridized carbons (Fsp3) is 1.00. The Morgan fingerprint density at radius 2 is 1.86 bits per heavy atom. The molecule has 0 saturated carbocycles. The maximum Gasteiger partial charge on any atom is 0.424 e. The number of rotatable bonds is 1. The van der Waals surface area contributed by atoms with Gasteiger partial charge in [0.25, 0.3) is 0 Å². The van der Waals surface area contributed by atoms with Crippen LogP contribution in [0.1, 0.15) is 34.6 Å². The molecule has 1 rings (SSSR count). The predicted octanol–water partition coefficient (Wildman–Crippen LogP) is 3.82. The summed E-state index contributed by atoms with van der Waals surface area (Å²) in [5.74, 6) is 0.370. The molecule has 1 heterocycles. The Bertz CT molecular complexity index is 277. The molecule has 1 aliphatic heterocycles. The highest BCUT2D eigenvalue weighted by atomic mass is 35.7. The second-order valence-electron chi connectivity index (χ2n) is 4.88. The van der Waals surface area contributed by atoms with E-state index >= 15 is 0 Å². The van der Waals surface area contributed by atoms with Crippen LogP contribution >= 0.6 is 18.2 Å². The molecular weight excluding hydrogens is 223 g/mol. The Balaban J connectivity index is 2.99. The fourth-order valence-electron chi connectivity index (χ4n) is 1.65. The maximum atomic E-state index is 11.5. The maximum absolute atomic E-state index is 11.5. The molecule has 14 heavy (non-hydrogen) atoms. The minimum Gasteiger partial charge on any atom is -0.296 e. The van der Waals surface area contributed by atoms with Gasteiger partial charge in [0.1, 0.15) is 0 Å². The lowest BCUT2D eigenvalue weighted by molar-refractivity contribution is -0.114. The van der Waals surface area contributed by atoms with Crippen LogP contribution in [-0.4, -0.2) is 12.2 Å². The number of hydrogen-bond acceptors (Lipinski definition) is 3. The standard InChI is InChI=1S/C9H18ClO3P/c1-7(2)9(5)6-12-14(10,11)13-8(9,3)4/h7H,6H2,1-5H3. The third-order valence-electron chi connectivity index (χ3n) is 3.51. The Morgan fingerprint density at radius 1 is 1.36 bits per heavy atom. The fourth-order valence-corrected chi connectivity index (χ4v) is 3.54. The quantitative estimate of drug-likeness (QED) is 0.654. The summed E-state index contributed by atoms with van der Waals surface area (Å²) in [5.41, 5.74) is -0.702. The first kappa shape index (κ1) is 12.5. The minimum absolute atomic E-state index is 0.171. The van der Waals surface area contributed by atoms with Gasteiger partial charge in [0.05, 0.1) is 12.2 Å². The molecule has 1 fully saturated rings. The monoisotopic (exact) mass is 240 g/mol. The SMILES string of the molecule is CC(C)C1(C)COP(=O)(Cl)OC1(C)C. The molecule has 3 nitrogen and oxygen atoms in total. The van der Waals surface area contributed by atoms with Crippen LogP contribution in [-0.2, 0) is 13.6 Å². The summed E-state index contributed by atoms with van der Waals surface area (Å²) in [6, 6.07) is 0. The Hall–Kier alpha value is 0.440. The first-order chi connectivity index (χ1) is 6.11. The molecule has 1 saturated heterocycles. The van der Waals surface area contributed by atoms with Gasteiger partial charge in [-0.2, -0.15) is 0 Å². The van der Waals surface area contributed by atoms with Crippen molar-refractivity contribution in [3.05, 3.63) is 0 Å². The number of halogens is 1. The average Bonchev–Trinajstić information content (AvgIpc) is 1.95. The van der Waals surface area contributed by atoms with Gasteiger partial charge in [-0.15, -0.1) is 0 Å². The van der Waals surface area contributed by atoms with Crippen molar-refractivity contribution in [1.29, 1.82) is 0 Å². The molecule has 0 aromatic heterocycles. The van der Waals surface area contributed by atoms with Gasteiger partial charge in [-0.25, -0.2) is 4.57 Å². The lowest BCUT2D eigenvalue weighted by Crippen LogP contribution is -2.51. The van der Waals surface area contributed by atoms with Crippen LogP contribution in [0.15, 0.2) is 0 Å². The highest BCUT2D eigenvalue weighted by Crippen LogP contribution is 2.64. The minimum atomic E-state index is -3.36. The smallest absolute Gasteiger partial charge is 0.296 e. The van der Waals surface area contributed by atoms with Crippen LogP contribution < -0.4 is 0 Å². The zero-order valence-corrected chi connectivity index (χ0v) is 11.0. The van der Waals surface area contributed by atoms with E-state index in [9.17, 15) is 4.57 Å². The zero-order valence-electron chi connectivity index (χ0n) is 9.33. The van der Waals surface area contributed by atoms with Crippen LogP contribution in [0, 0.1) is 11.3 Å². The summed E-state index contributed by atoms with van der Waals surface area (Å²) in [6.45, 7) is 7.09. The molecule has 0 amide bonds. The molecular formula is C9H18ClO3P. The highest BCUT2D eigenvalue weighted by molar-refractivity contribution is 7.81. The van der Waals surface area contributed by atoms with E-state index in [1.54, 1.807) is 0 Å². The summed E-state index contributed by atoms with van der Waals surface area (Å²) in [7, 11) is 0. The van der Waals surface area contributed by atoms with Crippen LogP contribution in [0.5, 0.6) is 0 Å². The molecule has 5 heteroatoms. The molecule has 0 radical (unpaired) electrons.